The Bertz CT molecular complexity index is 1760. The maximum Gasteiger partial charge on any atom is 0.251 e. The van der Waals surface area contributed by atoms with Crippen molar-refractivity contribution in [2.24, 2.45) is 0 Å². The van der Waals surface area contributed by atoms with Crippen molar-refractivity contribution in [1.29, 1.82) is 0 Å². The Kier molecular flexibility index (Phi) is 6.12. The molecule has 1 N–H and O–H groups in total. The van der Waals surface area contributed by atoms with Gasteiger partial charge in [0.1, 0.15) is 12.4 Å². The van der Waals surface area contributed by atoms with Gasteiger partial charge in [0.15, 0.2) is 21.4 Å². The van der Waals surface area contributed by atoms with Crippen LogP contribution in [-0.4, -0.2) is 54.8 Å². The summed E-state index contributed by atoms with van der Waals surface area (Å²) in [6.07, 6.45) is 6.11. The van der Waals surface area contributed by atoms with Gasteiger partial charge in [0.2, 0.25) is 0 Å². The molecule has 0 saturated heterocycles. The fraction of sp³-hybridized carbons (Fsp3) is 0.310. The zero-order chi connectivity index (χ0) is 27.3. The van der Waals surface area contributed by atoms with Crippen LogP contribution < -0.4 is 15.0 Å². The average Bonchev–Trinajstić information content (AvgIpc) is 3.84. The fourth-order valence-corrected chi connectivity index (χ4v) is 6.53. The molecule has 2 aromatic heterocycles. The predicted molar refractivity (Wildman–Crippen MR) is 148 cm³/mol. The molecule has 4 heterocycles. The summed E-state index contributed by atoms with van der Waals surface area (Å²) >= 11 is 0. The molecule has 0 unspecified atom stereocenters. The van der Waals surface area contributed by atoms with Crippen molar-refractivity contribution in [3.63, 3.8) is 0 Å². The van der Waals surface area contributed by atoms with Crippen molar-refractivity contribution < 1.29 is 22.7 Å². The zero-order valence-corrected chi connectivity index (χ0v) is 22.5. The molecule has 1 amide bonds. The second-order valence-electron chi connectivity index (χ2n) is 10.3. The molecule has 7 rings (SSSR count). The standard InChI is InChI=1S/C29H27N5O5S/c35-29(19-3-4-21-17-38-9-10-40(36,37)26(21)12-19)32-16-27-30-14-20-5-6-23(13-24(20)33-27)34-7-8-39-25-11-22(18-1-2-18)15-31-28(25)34/h3-6,11-15,18H,1-2,7-10,16-17H2,(H,32,35). The summed E-state index contributed by atoms with van der Waals surface area (Å²) in [7, 11) is -3.51. The number of carbonyl (C=O) groups excluding carboxylic acids is 1. The third kappa shape index (κ3) is 4.75. The maximum absolute atomic E-state index is 12.9. The first-order chi connectivity index (χ1) is 19.4. The zero-order valence-electron chi connectivity index (χ0n) is 21.7. The van der Waals surface area contributed by atoms with Gasteiger partial charge < -0.3 is 19.7 Å². The van der Waals surface area contributed by atoms with E-state index in [-0.39, 0.29) is 36.0 Å². The van der Waals surface area contributed by atoms with E-state index in [4.69, 9.17) is 14.5 Å². The smallest absolute Gasteiger partial charge is 0.251 e. The van der Waals surface area contributed by atoms with Crippen molar-refractivity contribution in [1.82, 2.24) is 20.3 Å². The number of hydrogen-bond acceptors (Lipinski definition) is 9. The number of anilines is 2. The van der Waals surface area contributed by atoms with Gasteiger partial charge in [-0.3, -0.25) is 4.79 Å². The van der Waals surface area contributed by atoms with E-state index in [0.717, 1.165) is 28.2 Å². The Hall–Kier alpha value is -4.09. The number of nitrogens with one attached hydrogen (secondary N) is 1. The van der Waals surface area contributed by atoms with E-state index < -0.39 is 15.7 Å². The number of amides is 1. The van der Waals surface area contributed by atoms with Crippen molar-refractivity contribution in [2.75, 3.05) is 30.4 Å². The highest BCUT2D eigenvalue weighted by Crippen LogP contribution is 2.44. The average molecular weight is 558 g/mol. The van der Waals surface area contributed by atoms with E-state index in [2.05, 4.69) is 26.3 Å². The minimum atomic E-state index is -3.51. The molecule has 1 fully saturated rings. The van der Waals surface area contributed by atoms with Crippen LogP contribution in [0.2, 0.25) is 0 Å². The summed E-state index contributed by atoms with van der Waals surface area (Å²) in [4.78, 5) is 29.0. The molecule has 40 heavy (non-hydrogen) atoms. The van der Waals surface area contributed by atoms with E-state index in [0.29, 0.717) is 30.5 Å². The van der Waals surface area contributed by atoms with Gasteiger partial charge in [0.05, 0.1) is 42.5 Å². The summed E-state index contributed by atoms with van der Waals surface area (Å²) in [5.74, 6) is 2.15. The lowest BCUT2D eigenvalue weighted by Crippen LogP contribution is -2.29. The van der Waals surface area contributed by atoms with Crippen LogP contribution >= 0.6 is 0 Å². The predicted octanol–water partition coefficient (Wildman–Crippen LogP) is 3.67. The third-order valence-corrected chi connectivity index (χ3v) is 9.24. The number of ether oxygens (including phenoxy) is 2. The first kappa shape index (κ1) is 24.9. The van der Waals surface area contributed by atoms with Crippen LogP contribution in [0.3, 0.4) is 0 Å². The molecule has 1 saturated carbocycles. The molecule has 0 atom stereocenters. The highest BCUT2D eigenvalue weighted by atomic mass is 32.2. The second kappa shape index (κ2) is 9.83. The Morgan fingerprint density at radius 3 is 2.83 bits per heavy atom. The summed E-state index contributed by atoms with van der Waals surface area (Å²) < 4.78 is 36.5. The lowest BCUT2D eigenvalue weighted by Gasteiger charge is -2.30. The van der Waals surface area contributed by atoms with Crippen LogP contribution in [-0.2, 0) is 27.7 Å². The lowest BCUT2D eigenvalue weighted by atomic mass is 10.1. The SMILES string of the molecule is O=C(NCc1ncc2ccc(N3CCOc4cc(C5CC5)cnc43)cc2n1)c1ccc2c(c1)S(=O)(=O)CCOC2. The first-order valence-corrected chi connectivity index (χ1v) is 15.0. The van der Waals surface area contributed by atoms with Gasteiger partial charge >= 0.3 is 0 Å². The molecule has 0 bridgehead atoms. The number of hydrogen-bond donors (Lipinski definition) is 1. The summed E-state index contributed by atoms with van der Waals surface area (Å²) in [5, 5.41) is 3.69. The van der Waals surface area contributed by atoms with Crippen LogP contribution in [0.4, 0.5) is 11.5 Å². The number of carbonyl (C=O) groups is 1. The van der Waals surface area contributed by atoms with Gasteiger partial charge in [-0.1, -0.05) is 6.07 Å². The number of rotatable bonds is 5. The van der Waals surface area contributed by atoms with Crippen molar-refractivity contribution >= 4 is 38.2 Å². The Morgan fingerprint density at radius 1 is 1.05 bits per heavy atom. The highest BCUT2D eigenvalue weighted by molar-refractivity contribution is 7.91. The van der Waals surface area contributed by atoms with Gasteiger partial charge in [-0.05, 0) is 66.3 Å². The third-order valence-electron chi connectivity index (χ3n) is 7.48. The van der Waals surface area contributed by atoms with Gasteiger partial charge in [0.25, 0.3) is 5.91 Å². The molecule has 0 spiro atoms. The minimum Gasteiger partial charge on any atom is -0.488 e. The van der Waals surface area contributed by atoms with Gasteiger partial charge in [-0.15, -0.1) is 0 Å². The lowest BCUT2D eigenvalue weighted by molar-refractivity contribution is 0.0949. The topological polar surface area (TPSA) is 124 Å². The van der Waals surface area contributed by atoms with E-state index in [1.54, 1.807) is 18.3 Å². The highest BCUT2D eigenvalue weighted by Gasteiger charge is 2.28. The Labute approximate surface area is 231 Å². The van der Waals surface area contributed by atoms with Crippen LogP contribution in [0.15, 0.2) is 59.8 Å². The largest absolute Gasteiger partial charge is 0.488 e. The van der Waals surface area contributed by atoms with Gasteiger partial charge in [-0.25, -0.2) is 23.4 Å². The quantitative estimate of drug-likeness (QED) is 0.391. The van der Waals surface area contributed by atoms with Gasteiger partial charge in [0, 0.05) is 29.0 Å². The molecule has 0 radical (unpaired) electrons. The summed E-state index contributed by atoms with van der Waals surface area (Å²) in [6, 6.07) is 12.8. The number of aromatic nitrogens is 3. The Balaban J connectivity index is 1.10. The van der Waals surface area contributed by atoms with E-state index >= 15 is 0 Å². The van der Waals surface area contributed by atoms with Crippen molar-refractivity contribution in [2.45, 2.75) is 36.8 Å². The molecule has 2 aliphatic heterocycles. The van der Waals surface area contributed by atoms with E-state index in [1.165, 1.54) is 24.5 Å². The summed E-state index contributed by atoms with van der Waals surface area (Å²) in [6.45, 7) is 1.67. The molecule has 1 aliphatic carbocycles. The minimum absolute atomic E-state index is 0.0951. The molecule has 2 aromatic carbocycles. The van der Waals surface area contributed by atoms with Crippen molar-refractivity contribution in [3.8, 4) is 5.75 Å². The maximum atomic E-state index is 12.9. The number of benzene rings is 2. The second-order valence-corrected chi connectivity index (χ2v) is 12.3. The van der Waals surface area contributed by atoms with Crippen LogP contribution in [0.25, 0.3) is 10.9 Å². The first-order valence-electron chi connectivity index (χ1n) is 13.3. The molecule has 11 heteroatoms. The van der Waals surface area contributed by atoms with Crippen LogP contribution in [0.5, 0.6) is 5.75 Å². The van der Waals surface area contributed by atoms with E-state index in [1.807, 2.05) is 24.4 Å². The molecular formula is C29H27N5O5S. The number of nitrogens with zero attached hydrogens (tertiary/aromatic N) is 4. The van der Waals surface area contributed by atoms with E-state index in [9.17, 15) is 13.2 Å². The Morgan fingerprint density at radius 2 is 1.95 bits per heavy atom. The number of fused-ring (bicyclic) bond motifs is 3. The van der Waals surface area contributed by atoms with Crippen LogP contribution in [0, 0.1) is 0 Å². The monoisotopic (exact) mass is 557 g/mol. The molecule has 4 aromatic rings. The molecule has 3 aliphatic rings. The van der Waals surface area contributed by atoms with Crippen LogP contribution in [0.1, 0.15) is 46.1 Å². The molecule has 204 valence electrons. The molecule has 10 nitrogen and oxygen atoms in total. The summed E-state index contributed by atoms with van der Waals surface area (Å²) in [5.41, 5.74) is 3.75. The van der Waals surface area contributed by atoms with Gasteiger partial charge in [-0.2, -0.15) is 0 Å². The normalized spacial score (nSPS) is 17.9. The molecular weight excluding hydrogens is 530 g/mol. The fourth-order valence-electron chi connectivity index (χ4n) is 5.14. The number of sulfone groups is 1. The number of pyridine rings is 1. The van der Waals surface area contributed by atoms with Crippen molar-refractivity contribution in [3.05, 3.63) is 77.4 Å².